The Hall–Kier alpha value is -3.42. The smallest absolute Gasteiger partial charge is 0.270 e. The van der Waals surface area contributed by atoms with Crippen LogP contribution in [-0.2, 0) is 11.3 Å². The van der Waals surface area contributed by atoms with Gasteiger partial charge < -0.3 is 15.3 Å². The number of nitrogens with one attached hydrogen (secondary N) is 1. The molecular weight excluding hydrogens is 338 g/mol. The lowest BCUT2D eigenvalue weighted by Gasteiger charge is -2.19. The maximum atomic E-state index is 12.6. The Morgan fingerprint density at radius 2 is 2.04 bits per heavy atom. The number of rotatable bonds is 5. The van der Waals surface area contributed by atoms with Crippen LogP contribution in [0.5, 0.6) is 5.75 Å². The van der Waals surface area contributed by atoms with Crippen LogP contribution in [0.25, 0.3) is 0 Å². The van der Waals surface area contributed by atoms with Crippen molar-refractivity contribution < 1.29 is 19.6 Å². The number of nitrogens with zero attached hydrogens (tertiary/aromatic N) is 2. The topological polar surface area (TPSA) is 113 Å². The number of aromatic hydroxyl groups is 1. The number of carbonyl (C=O) groups excluding carboxylic acids is 2. The quantitative estimate of drug-likeness (QED) is 0.631. The molecule has 0 radical (unpaired) electrons. The summed E-state index contributed by atoms with van der Waals surface area (Å²) in [5.41, 5.74) is 0.945. The largest absolute Gasteiger partial charge is 0.508 e. The van der Waals surface area contributed by atoms with E-state index in [1.165, 1.54) is 18.2 Å². The van der Waals surface area contributed by atoms with E-state index in [2.05, 4.69) is 5.32 Å². The summed E-state index contributed by atoms with van der Waals surface area (Å²) in [4.78, 5) is 36.4. The van der Waals surface area contributed by atoms with E-state index in [0.29, 0.717) is 24.2 Å². The molecule has 26 heavy (non-hydrogen) atoms. The van der Waals surface area contributed by atoms with Crippen molar-refractivity contribution in [1.29, 1.82) is 0 Å². The molecule has 1 heterocycles. The summed E-state index contributed by atoms with van der Waals surface area (Å²) >= 11 is 0. The third-order valence-corrected chi connectivity index (χ3v) is 4.23. The monoisotopic (exact) mass is 355 g/mol. The SMILES string of the molecule is O=C(NCc1cc([N+](=O)[O-])ccc1O)c1ccccc1N1CCCC1=O. The van der Waals surface area contributed by atoms with Crippen molar-refractivity contribution in [2.24, 2.45) is 0 Å². The number of hydrogen-bond donors (Lipinski definition) is 2. The van der Waals surface area contributed by atoms with Crippen LogP contribution >= 0.6 is 0 Å². The average molecular weight is 355 g/mol. The van der Waals surface area contributed by atoms with Gasteiger partial charge in [0.05, 0.1) is 16.2 Å². The number of anilines is 1. The highest BCUT2D eigenvalue weighted by atomic mass is 16.6. The first-order chi connectivity index (χ1) is 12.5. The van der Waals surface area contributed by atoms with Crippen LogP contribution in [0.4, 0.5) is 11.4 Å². The number of hydrogen-bond acceptors (Lipinski definition) is 5. The highest BCUT2D eigenvalue weighted by Crippen LogP contribution is 2.26. The van der Waals surface area contributed by atoms with Gasteiger partial charge in [-0.05, 0) is 24.6 Å². The summed E-state index contributed by atoms with van der Waals surface area (Å²) in [6.45, 7) is 0.490. The van der Waals surface area contributed by atoms with Crippen molar-refractivity contribution >= 4 is 23.2 Å². The van der Waals surface area contributed by atoms with E-state index < -0.39 is 10.8 Å². The van der Waals surface area contributed by atoms with E-state index in [1.54, 1.807) is 29.2 Å². The molecule has 3 rings (SSSR count). The van der Waals surface area contributed by atoms with Crippen LogP contribution < -0.4 is 10.2 Å². The van der Waals surface area contributed by atoms with E-state index in [9.17, 15) is 24.8 Å². The Bertz CT molecular complexity index is 881. The van der Waals surface area contributed by atoms with Crippen LogP contribution in [0.15, 0.2) is 42.5 Å². The molecule has 0 unspecified atom stereocenters. The number of carbonyl (C=O) groups is 2. The molecule has 2 aromatic rings. The normalized spacial score (nSPS) is 13.7. The van der Waals surface area contributed by atoms with Crippen molar-refractivity contribution in [3.63, 3.8) is 0 Å². The van der Waals surface area contributed by atoms with Gasteiger partial charge in [0.2, 0.25) is 5.91 Å². The maximum absolute atomic E-state index is 12.6. The zero-order valence-corrected chi connectivity index (χ0v) is 13.8. The van der Waals surface area contributed by atoms with Gasteiger partial charge in [-0.1, -0.05) is 12.1 Å². The van der Waals surface area contributed by atoms with Gasteiger partial charge >= 0.3 is 0 Å². The summed E-state index contributed by atoms with van der Waals surface area (Å²) in [6.07, 6.45) is 1.20. The fourth-order valence-electron chi connectivity index (χ4n) is 2.90. The molecule has 1 aliphatic heterocycles. The number of benzene rings is 2. The van der Waals surface area contributed by atoms with Gasteiger partial charge in [-0.2, -0.15) is 0 Å². The van der Waals surface area contributed by atoms with Crippen molar-refractivity contribution in [3.05, 3.63) is 63.7 Å². The lowest BCUT2D eigenvalue weighted by atomic mass is 10.1. The van der Waals surface area contributed by atoms with Crippen LogP contribution in [0.1, 0.15) is 28.8 Å². The van der Waals surface area contributed by atoms with Crippen molar-refractivity contribution in [1.82, 2.24) is 5.32 Å². The van der Waals surface area contributed by atoms with Crippen LogP contribution in [0, 0.1) is 10.1 Å². The van der Waals surface area contributed by atoms with E-state index in [0.717, 1.165) is 6.42 Å². The first kappa shape index (κ1) is 17.4. The summed E-state index contributed by atoms with van der Waals surface area (Å²) in [5, 5.41) is 23.3. The van der Waals surface area contributed by atoms with Gasteiger partial charge in [0, 0.05) is 37.2 Å². The molecule has 0 spiro atoms. The van der Waals surface area contributed by atoms with Gasteiger partial charge in [-0.25, -0.2) is 0 Å². The van der Waals surface area contributed by atoms with Crippen LogP contribution in [0.3, 0.4) is 0 Å². The van der Waals surface area contributed by atoms with Gasteiger partial charge in [0.25, 0.3) is 11.6 Å². The second kappa shape index (κ2) is 7.22. The number of nitro benzene ring substituents is 1. The third-order valence-electron chi connectivity index (χ3n) is 4.23. The minimum absolute atomic E-state index is 0.0263. The molecule has 0 bridgehead atoms. The standard InChI is InChI=1S/C18H17N3O5/c22-16-8-7-13(21(25)26)10-12(16)11-19-18(24)14-4-1-2-5-15(14)20-9-3-6-17(20)23/h1-2,4-5,7-8,10,22H,3,6,9,11H2,(H,19,24). The molecule has 0 aromatic heterocycles. The van der Waals surface area contributed by atoms with Gasteiger partial charge in [-0.15, -0.1) is 0 Å². The highest BCUT2D eigenvalue weighted by molar-refractivity contribution is 6.05. The number of nitro groups is 1. The molecule has 2 N–H and O–H groups in total. The fraction of sp³-hybridized carbons (Fsp3) is 0.222. The Kier molecular flexibility index (Phi) is 4.83. The van der Waals surface area contributed by atoms with Crippen LogP contribution in [-0.4, -0.2) is 28.4 Å². The number of amides is 2. The molecule has 1 fully saturated rings. The van der Waals surface area contributed by atoms with Crippen LogP contribution in [0.2, 0.25) is 0 Å². The third kappa shape index (κ3) is 3.49. The molecule has 2 amide bonds. The second-order valence-electron chi connectivity index (χ2n) is 5.92. The van der Waals surface area contributed by atoms with Crippen molar-refractivity contribution in [3.8, 4) is 5.75 Å². The zero-order chi connectivity index (χ0) is 18.7. The lowest BCUT2D eigenvalue weighted by molar-refractivity contribution is -0.384. The Morgan fingerprint density at radius 1 is 1.27 bits per heavy atom. The minimum Gasteiger partial charge on any atom is -0.508 e. The first-order valence-electron chi connectivity index (χ1n) is 8.11. The molecule has 8 nitrogen and oxygen atoms in total. The first-order valence-corrected chi connectivity index (χ1v) is 8.11. The van der Waals surface area contributed by atoms with Crippen molar-refractivity contribution in [2.75, 3.05) is 11.4 Å². The molecular formula is C18H17N3O5. The lowest BCUT2D eigenvalue weighted by Crippen LogP contribution is -2.29. The molecule has 0 atom stereocenters. The van der Waals surface area contributed by atoms with E-state index >= 15 is 0 Å². The number of phenolic OH excluding ortho intramolecular Hbond substituents is 1. The summed E-state index contributed by atoms with van der Waals surface area (Å²) < 4.78 is 0. The predicted octanol–water partition coefficient (Wildman–Crippen LogP) is 2.36. The molecule has 8 heteroatoms. The average Bonchev–Trinajstić information content (AvgIpc) is 3.06. The molecule has 1 saturated heterocycles. The minimum atomic E-state index is -0.570. The second-order valence-corrected chi connectivity index (χ2v) is 5.92. The Labute approximate surface area is 149 Å². The Balaban J connectivity index is 1.78. The van der Waals surface area contributed by atoms with Gasteiger partial charge in [0.15, 0.2) is 0 Å². The van der Waals surface area contributed by atoms with E-state index in [-0.39, 0.29) is 29.5 Å². The van der Waals surface area contributed by atoms with Gasteiger partial charge in [0.1, 0.15) is 5.75 Å². The number of non-ortho nitro benzene ring substituents is 1. The van der Waals surface area contributed by atoms with E-state index in [1.807, 2.05) is 0 Å². The number of phenols is 1. The highest BCUT2D eigenvalue weighted by Gasteiger charge is 2.25. The summed E-state index contributed by atoms with van der Waals surface area (Å²) in [7, 11) is 0. The molecule has 2 aromatic carbocycles. The summed E-state index contributed by atoms with van der Waals surface area (Å²) in [5.74, 6) is -0.591. The molecule has 0 saturated carbocycles. The molecule has 0 aliphatic carbocycles. The number of para-hydroxylation sites is 1. The Morgan fingerprint density at radius 3 is 2.73 bits per heavy atom. The molecule has 134 valence electrons. The summed E-state index contributed by atoms with van der Waals surface area (Å²) in [6, 6.07) is 10.4. The van der Waals surface area contributed by atoms with E-state index in [4.69, 9.17) is 0 Å². The van der Waals surface area contributed by atoms with Crippen molar-refractivity contribution in [2.45, 2.75) is 19.4 Å². The zero-order valence-electron chi connectivity index (χ0n) is 13.8. The van der Waals surface area contributed by atoms with Gasteiger partial charge in [-0.3, -0.25) is 19.7 Å². The predicted molar refractivity (Wildman–Crippen MR) is 94.0 cm³/mol. The molecule has 1 aliphatic rings. The fourth-order valence-corrected chi connectivity index (χ4v) is 2.90. The maximum Gasteiger partial charge on any atom is 0.270 e.